The second-order valence-corrected chi connectivity index (χ2v) is 8.55. The van der Waals surface area contributed by atoms with Crippen LogP contribution < -0.4 is 15.4 Å². The maximum Gasteiger partial charge on any atom is 0.303 e. The average Bonchev–Trinajstić information content (AvgIpc) is 2.81. The summed E-state index contributed by atoms with van der Waals surface area (Å²) in [5, 5.41) is -0.404. The van der Waals surface area contributed by atoms with Crippen LogP contribution >= 0.6 is 11.8 Å². The van der Waals surface area contributed by atoms with Crippen molar-refractivity contribution >= 4 is 35.0 Å². The van der Waals surface area contributed by atoms with E-state index in [0.717, 1.165) is 16.1 Å². The molecule has 2 N–H and O–H groups in total. The van der Waals surface area contributed by atoms with E-state index in [0.29, 0.717) is 24.5 Å². The molecule has 0 fully saturated rings. The molecule has 0 aliphatic carbocycles. The molecule has 0 saturated carbocycles. The van der Waals surface area contributed by atoms with E-state index in [2.05, 4.69) is 0 Å². The lowest BCUT2D eigenvalue weighted by atomic mass is 10.1. The SMILES string of the molecule is COc1ccc([C@H]2Sc3ccc(N)cc3N(CCN(C)C)C(=O)[C@H]2OC(C)=O)cc1. The van der Waals surface area contributed by atoms with Crippen LogP contribution in [0.3, 0.4) is 0 Å². The Morgan fingerprint density at radius 3 is 2.50 bits per heavy atom. The van der Waals surface area contributed by atoms with Gasteiger partial charge in [-0.25, -0.2) is 0 Å². The molecular formula is C22H27N3O4S. The Labute approximate surface area is 181 Å². The van der Waals surface area contributed by atoms with Crippen LogP contribution in [0.25, 0.3) is 0 Å². The summed E-state index contributed by atoms with van der Waals surface area (Å²) in [6.45, 7) is 2.43. The predicted octanol–water partition coefficient (Wildman–Crippen LogP) is 2.95. The number of esters is 1. The minimum absolute atomic E-state index is 0.260. The van der Waals surface area contributed by atoms with Crippen LogP contribution in [0.1, 0.15) is 17.7 Å². The van der Waals surface area contributed by atoms with Crippen molar-refractivity contribution in [1.82, 2.24) is 4.90 Å². The first-order valence-electron chi connectivity index (χ1n) is 9.63. The maximum atomic E-state index is 13.6. The number of amides is 1. The third kappa shape index (κ3) is 4.88. The Morgan fingerprint density at radius 1 is 1.20 bits per heavy atom. The molecule has 160 valence electrons. The van der Waals surface area contributed by atoms with Crippen molar-refractivity contribution in [3.8, 4) is 5.75 Å². The van der Waals surface area contributed by atoms with Crippen LogP contribution in [-0.2, 0) is 14.3 Å². The molecule has 30 heavy (non-hydrogen) atoms. The number of carbonyl (C=O) groups excluding carboxylic acids is 2. The van der Waals surface area contributed by atoms with E-state index in [1.165, 1.54) is 18.7 Å². The summed E-state index contributed by atoms with van der Waals surface area (Å²) in [7, 11) is 5.49. The number of ether oxygens (including phenoxy) is 2. The number of benzene rings is 2. The van der Waals surface area contributed by atoms with Gasteiger partial charge < -0.3 is 25.0 Å². The maximum absolute atomic E-state index is 13.6. The van der Waals surface area contributed by atoms with E-state index in [4.69, 9.17) is 15.2 Å². The van der Waals surface area contributed by atoms with E-state index >= 15 is 0 Å². The second kappa shape index (κ2) is 9.40. The van der Waals surface area contributed by atoms with Gasteiger partial charge in [-0.05, 0) is 50.0 Å². The zero-order chi connectivity index (χ0) is 21.8. The van der Waals surface area contributed by atoms with Gasteiger partial charge in [0.25, 0.3) is 5.91 Å². The summed E-state index contributed by atoms with van der Waals surface area (Å²) in [5.74, 6) is -0.0382. The normalized spacial score (nSPS) is 18.7. The topological polar surface area (TPSA) is 85.1 Å². The number of methoxy groups -OCH3 is 1. The highest BCUT2D eigenvalue weighted by molar-refractivity contribution is 7.99. The lowest BCUT2D eigenvalue weighted by Crippen LogP contribution is -2.45. The van der Waals surface area contributed by atoms with Crippen LogP contribution in [0, 0.1) is 0 Å². The Morgan fingerprint density at radius 2 is 1.90 bits per heavy atom. The summed E-state index contributed by atoms with van der Waals surface area (Å²) in [4.78, 5) is 30.1. The molecular weight excluding hydrogens is 402 g/mol. The predicted molar refractivity (Wildman–Crippen MR) is 119 cm³/mol. The summed E-state index contributed by atoms with van der Waals surface area (Å²) >= 11 is 1.50. The lowest BCUT2D eigenvalue weighted by molar-refractivity contribution is -0.152. The van der Waals surface area contributed by atoms with Gasteiger partial charge in [0, 0.05) is 30.6 Å². The highest BCUT2D eigenvalue weighted by Gasteiger charge is 2.40. The first-order valence-corrected chi connectivity index (χ1v) is 10.5. The molecule has 0 saturated heterocycles. The molecule has 0 spiro atoms. The number of anilines is 2. The summed E-state index contributed by atoms with van der Waals surface area (Å²) in [6, 6.07) is 13.0. The fourth-order valence-electron chi connectivity index (χ4n) is 3.30. The Hall–Kier alpha value is -2.71. The molecule has 0 bridgehead atoms. The number of likely N-dealkylation sites (N-methyl/N-ethyl adjacent to an activating group) is 1. The number of nitrogen functional groups attached to an aromatic ring is 1. The molecule has 3 rings (SSSR count). The van der Waals surface area contributed by atoms with Crippen molar-refractivity contribution < 1.29 is 19.1 Å². The Bertz CT molecular complexity index is 917. The first-order chi connectivity index (χ1) is 14.3. The van der Waals surface area contributed by atoms with Gasteiger partial charge in [0.05, 0.1) is 18.0 Å². The van der Waals surface area contributed by atoms with Gasteiger partial charge in [0.15, 0.2) is 6.10 Å². The molecule has 2 aromatic rings. The molecule has 0 unspecified atom stereocenters. The fraction of sp³-hybridized carbons (Fsp3) is 0.364. The molecule has 1 aliphatic rings. The number of hydrogen-bond donors (Lipinski definition) is 1. The molecule has 7 nitrogen and oxygen atoms in total. The van der Waals surface area contributed by atoms with Gasteiger partial charge in [-0.15, -0.1) is 11.8 Å². The van der Waals surface area contributed by atoms with E-state index in [1.807, 2.05) is 55.4 Å². The largest absolute Gasteiger partial charge is 0.497 e. The minimum Gasteiger partial charge on any atom is -0.497 e. The van der Waals surface area contributed by atoms with Crippen molar-refractivity contribution in [3.63, 3.8) is 0 Å². The van der Waals surface area contributed by atoms with Crippen LogP contribution in [0.2, 0.25) is 0 Å². The Kier molecular flexibility index (Phi) is 6.89. The molecule has 0 radical (unpaired) electrons. The smallest absolute Gasteiger partial charge is 0.303 e. The molecule has 0 aromatic heterocycles. The standard InChI is InChI=1S/C22H27N3O4S/c1-14(26)29-20-21(15-5-8-17(28-4)9-6-15)30-19-10-7-16(23)13-18(19)25(22(20)27)12-11-24(2)3/h5-10,13,20-21H,11-12,23H2,1-4H3/t20-,21+/m0/s1. The van der Waals surface area contributed by atoms with Crippen molar-refractivity contribution in [1.29, 1.82) is 0 Å². The van der Waals surface area contributed by atoms with Gasteiger partial charge in [0.1, 0.15) is 5.75 Å². The first kappa shape index (κ1) is 22.0. The zero-order valence-electron chi connectivity index (χ0n) is 17.6. The third-order valence-electron chi connectivity index (χ3n) is 4.82. The molecule has 2 atom stereocenters. The Balaban J connectivity index is 2.09. The van der Waals surface area contributed by atoms with Crippen LogP contribution in [-0.4, -0.2) is 57.2 Å². The monoisotopic (exact) mass is 429 g/mol. The molecule has 1 heterocycles. The second-order valence-electron chi connectivity index (χ2n) is 7.36. The number of carbonyl (C=O) groups is 2. The summed E-state index contributed by atoms with van der Waals surface area (Å²) < 4.78 is 10.8. The third-order valence-corrected chi connectivity index (χ3v) is 6.19. The molecule has 1 amide bonds. The van der Waals surface area contributed by atoms with Gasteiger partial charge in [-0.1, -0.05) is 12.1 Å². The van der Waals surface area contributed by atoms with Crippen LogP contribution in [0.4, 0.5) is 11.4 Å². The quantitative estimate of drug-likeness (QED) is 0.558. The summed E-state index contributed by atoms with van der Waals surface area (Å²) in [5.41, 5.74) is 8.21. The van der Waals surface area contributed by atoms with Crippen LogP contribution in [0.15, 0.2) is 47.4 Å². The van der Waals surface area contributed by atoms with E-state index < -0.39 is 17.3 Å². The van der Waals surface area contributed by atoms with Crippen molar-refractivity contribution in [2.75, 3.05) is 44.9 Å². The number of nitrogens with zero attached hydrogens (tertiary/aromatic N) is 2. The number of nitrogens with two attached hydrogens (primary N) is 1. The van der Waals surface area contributed by atoms with E-state index in [1.54, 1.807) is 18.1 Å². The molecule has 8 heteroatoms. The van der Waals surface area contributed by atoms with E-state index in [9.17, 15) is 9.59 Å². The summed E-state index contributed by atoms with van der Waals surface area (Å²) in [6.07, 6.45) is -0.961. The van der Waals surface area contributed by atoms with Gasteiger partial charge in [-0.3, -0.25) is 9.59 Å². The van der Waals surface area contributed by atoms with Crippen molar-refractivity contribution in [3.05, 3.63) is 48.0 Å². The van der Waals surface area contributed by atoms with Crippen molar-refractivity contribution in [2.24, 2.45) is 0 Å². The zero-order valence-corrected chi connectivity index (χ0v) is 18.4. The van der Waals surface area contributed by atoms with Gasteiger partial charge in [-0.2, -0.15) is 0 Å². The molecule has 2 aromatic carbocycles. The number of rotatable bonds is 6. The minimum atomic E-state index is -0.961. The average molecular weight is 430 g/mol. The number of hydrogen-bond acceptors (Lipinski definition) is 7. The van der Waals surface area contributed by atoms with Crippen LogP contribution in [0.5, 0.6) is 5.75 Å². The number of thioether (sulfide) groups is 1. The van der Waals surface area contributed by atoms with Crippen molar-refractivity contribution in [2.45, 2.75) is 23.2 Å². The fourth-order valence-corrected chi connectivity index (χ4v) is 4.60. The highest BCUT2D eigenvalue weighted by Crippen LogP contribution is 2.47. The lowest BCUT2D eigenvalue weighted by Gasteiger charge is -2.28. The number of fused-ring (bicyclic) bond motifs is 1. The van der Waals surface area contributed by atoms with Gasteiger partial charge in [0.2, 0.25) is 0 Å². The molecule has 1 aliphatic heterocycles. The van der Waals surface area contributed by atoms with Gasteiger partial charge >= 0.3 is 5.97 Å². The highest BCUT2D eigenvalue weighted by atomic mass is 32.2. The van der Waals surface area contributed by atoms with E-state index in [-0.39, 0.29) is 5.91 Å².